The molecule has 2 aromatic heterocycles. The zero-order chi connectivity index (χ0) is 24.9. The number of hydrogen-bond donors (Lipinski definition) is 3. The molecule has 3 heterocycles. The normalized spacial score (nSPS) is 17.4. The molecular weight excluding hydrogens is 458 g/mol. The van der Waals surface area contributed by atoms with Crippen molar-refractivity contribution < 1.29 is 19.4 Å². The van der Waals surface area contributed by atoms with E-state index in [2.05, 4.69) is 20.6 Å². The Morgan fingerprint density at radius 2 is 1.81 bits per heavy atom. The lowest BCUT2D eigenvalue weighted by atomic mass is 9.89. The molecular formula is C27H21N5O4. The smallest absolute Gasteiger partial charge is 0.322 e. The summed E-state index contributed by atoms with van der Waals surface area (Å²) in [5.74, 6) is 0.0744. The van der Waals surface area contributed by atoms with Crippen LogP contribution in [0.5, 0.6) is 11.6 Å². The number of methoxy groups -OCH3 is 1. The van der Waals surface area contributed by atoms with Crippen LogP contribution in [0.4, 0.5) is 4.79 Å². The number of rotatable bonds is 5. The molecule has 9 nitrogen and oxygen atoms in total. The van der Waals surface area contributed by atoms with Gasteiger partial charge >= 0.3 is 6.03 Å². The molecule has 0 aliphatic carbocycles. The van der Waals surface area contributed by atoms with Crippen LogP contribution in [0.3, 0.4) is 0 Å². The van der Waals surface area contributed by atoms with Crippen molar-refractivity contribution in [2.45, 2.75) is 12.1 Å². The average Bonchev–Trinajstić information content (AvgIpc) is 3.38. The van der Waals surface area contributed by atoms with Crippen molar-refractivity contribution in [3.05, 3.63) is 84.7 Å². The van der Waals surface area contributed by atoms with E-state index >= 15 is 0 Å². The number of benzene rings is 3. The molecule has 6 rings (SSSR count). The number of carbonyl (C=O) groups is 2. The van der Waals surface area contributed by atoms with Gasteiger partial charge in [-0.3, -0.25) is 15.1 Å². The van der Waals surface area contributed by atoms with Gasteiger partial charge in [0.15, 0.2) is 11.4 Å². The highest BCUT2D eigenvalue weighted by molar-refractivity contribution is 6.07. The fraction of sp³-hybridized carbons (Fsp3) is 0.111. The lowest BCUT2D eigenvalue weighted by molar-refractivity contribution is -0.124. The number of fused-ring (bicyclic) bond motifs is 2. The third-order valence-corrected chi connectivity index (χ3v) is 6.54. The summed E-state index contributed by atoms with van der Waals surface area (Å²) in [5.41, 5.74) is 2.25. The topological polar surface area (TPSA) is 118 Å². The van der Waals surface area contributed by atoms with Gasteiger partial charge in [0.05, 0.1) is 36.6 Å². The number of ether oxygens (including phenoxy) is 1. The van der Waals surface area contributed by atoms with E-state index in [0.717, 1.165) is 22.0 Å². The largest absolute Gasteiger partial charge is 0.497 e. The zero-order valence-electron chi connectivity index (χ0n) is 19.2. The highest BCUT2D eigenvalue weighted by Gasteiger charge is 2.48. The molecule has 1 aliphatic heterocycles. The molecule has 9 heteroatoms. The standard InChI is InChI=1S/C27H21N5O4/c1-36-19-11-8-17-14-32(24(33)20(17)12-19)15-27(25(34)30-26(35)31-27)18-9-6-16(7-10-18)23-13-28-21-4-2-3-5-22(21)29-23/h2-14,33H,15H2,1H3,(H2,30,31,34,35)/t27-/m1/s1. The van der Waals surface area contributed by atoms with Crippen LogP contribution in [0.1, 0.15) is 5.56 Å². The summed E-state index contributed by atoms with van der Waals surface area (Å²) in [5, 5.41) is 17.4. The molecule has 0 unspecified atom stereocenters. The van der Waals surface area contributed by atoms with Crippen molar-refractivity contribution in [1.82, 2.24) is 25.2 Å². The lowest BCUT2D eigenvalue weighted by Gasteiger charge is -2.27. The number of urea groups is 1. The van der Waals surface area contributed by atoms with Gasteiger partial charge in [0.1, 0.15) is 5.75 Å². The Hall–Kier alpha value is -4.92. The minimum atomic E-state index is -1.42. The van der Waals surface area contributed by atoms with Gasteiger partial charge in [-0.1, -0.05) is 36.4 Å². The van der Waals surface area contributed by atoms with Crippen molar-refractivity contribution >= 4 is 33.7 Å². The van der Waals surface area contributed by atoms with E-state index in [9.17, 15) is 14.7 Å². The summed E-state index contributed by atoms with van der Waals surface area (Å²) in [6.07, 6.45) is 3.44. The molecule has 3 N–H and O–H groups in total. The van der Waals surface area contributed by atoms with Crippen LogP contribution in [0.2, 0.25) is 0 Å². The first-order valence-electron chi connectivity index (χ1n) is 11.3. The molecule has 1 atom stereocenters. The Bertz CT molecular complexity index is 1660. The molecule has 1 saturated heterocycles. The van der Waals surface area contributed by atoms with E-state index < -0.39 is 17.5 Å². The van der Waals surface area contributed by atoms with Crippen molar-refractivity contribution in [3.8, 4) is 22.9 Å². The van der Waals surface area contributed by atoms with Crippen LogP contribution >= 0.6 is 0 Å². The third kappa shape index (κ3) is 3.40. The van der Waals surface area contributed by atoms with Gasteiger partial charge in [0.2, 0.25) is 0 Å². The predicted octanol–water partition coefficient (Wildman–Crippen LogP) is 3.70. The fourth-order valence-corrected chi connectivity index (χ4v) is 4.65. The molecule has 0 spiro atoms. The molecule has 36 heavy (non-hydrogen) atoms. The Morgan fingerprint density at radius 3 is 2.53 bits per heavy atom. The number of hydrogen-bond acceptors (Lipinski definition) is 6. The van der Waals surface area contributed by atoms with Crippen LogP contribution in [0, 0.1) is 0 Å². The van der Waals surface area contributed by atoms with E-state index in [-0.39, 0.29) is 12.4 Å². The average molecular weight is 479 g/mol. The maximum Gasteiger partial charge on any atom is 0.322 e. The summed E-state index contributed by atoms with van der Waals surface area (Å²) in [6, 6.07) is 19.6. The minimum absolute atomic E-state index is 0.0114. The van der Waals surface area contributed by atoms with Crippen LogP contribution in [0.25, 0.3) is 33.1 Å². The molecule has 0 radical (unpaired) electrons. The Morgan fingerprint density at radius 1 is 1.03 bits per heavy atom. The van der Waals surface area contributed by atoms with Gasteiger partial charge in [-0.2, -0.15) is 0 Å². The first kappa shape index (κ1) is 21.6. The Balaban J connectivity index is 1.39. The predicted molar refractivity (Wildman–Crippen MR) is 133 cm³/mol. The minimum Gasteiger partial charge on any atom is -0.497 e. The van der Waals surface area contributed by atoms with E-state index in [1.54, 1.807) is 48.3 Å². The quantitative estimate of drug-likeness (QED) is 0.331. The van der Waals surface area contributed by atoms with Gasteiger partial charge in [-0.05, 0) is 35.9 Å². The van der Waals surface area contributed by atoms with Gasteiger partial charge < -0.3 is 19.7 Å². The number of carbonyl (C=O) groups excluding carboxylic acids is 2. The van der Waals surface area contributed by atoms with E-state index in [1.165, 1.54) is 0 Å². The molecule has 1 aliphatic rings. The molecule has 0 saturated carbocycles. The molecule has 178 valence electrons. The monoisotopic (exact) mass is 479 g/mol. The van der Waals surface area contributed by atoms with Gasteiger partial charge in [-0.25, -0.2) is 9.78 Å². The van der Waals surface area contributed by atoms with Crippen molar-refractivity contribution in [2.24, 2.45) is 0 Å². The first-order valence-corrected chi connectivity index (χ1v) is 11.3. The SMILES string of the molecule is COc1ccc2cn(C[C@]3(c4ccc(-c5cnc6ccccc6n5)cc4)NC(=O)NC3=O)c(O)c2c1. The molecule has 0 bridgehead atoms. The maximum atomic E-state index is 13.1. The second kappa shape index (κ2) is 8.09. The van der Waals surface area contributed by atoms with Crippen LogP contribution in [0.15, 0.2) is 79.1 Å². The number of aromatic hydroxyl groups is 1. The highest BCUT2D eigenvalue weighted by atomic mass is 16.5. The fourth-order valence-electron chi connectivity index (χ4n) is 4.65. The zero-order valence-corrected chi connectivity index (χ0v) is 19.2. The van der Waals surface area contributed by atoms with Crippen molar-refractivity contribution in [2.75, 3.05) is 7.11 Å². The van der Waals surface area contributed by atoms with E-state index in [1.807, 2.05) is 42.5 Å². The third-order valence-electron chi connectivity index (χ3n) is 6.54. The number of aromatic nitrogens is 3. The molecule has 3 aromatic carbocycles. The number of para-hydroxylation sites is 2. The van der Waals surface area contributed by atoms with E-state index in [0.29, 0.717) is 22.4 Å². The number of imide groups is 1. The second-order valence-corrected chi connectivity index (χ2v) is 8.67. The Labute approximate surface area is 205 Å². The van der Waals surface area contributed by atoms with Crippen molar-refractivity contribution in [3.63, 3.8) is 0 Å². The number of amides is 3. The first-order chi connectivity index (χ1) is 17.5. The summed E-state index contributed by atoms with van der Waals surface area (Å²) < 4.78 is 6.81. The van der Waals surface area contributed by atoms with E-state index in [4.69, 9.17) is 4.74 Å². The lowest BCUT2D eigenvalue weighted by Crippen LogP contribution is -2.47. The maximum absolute atomic E-state index is 13.1. The molecule has 1 fully saturated rings. The number of nitrogens with one attached hydrogen (secondary N) is 2. The van der Waals surface area contributed by atoms with Crippen molar-refractivity contribution in [1.29, 1.82) is 0 Å². The second-order valence-electron chi connectivity index (χ2n) is 8.67. The number of nitrogens with zero attached hydrogens (tertiary/aromatic N) is 3. The summed E-state index contributed by atoms with van der Waals surface area (Å²) in [6.45, 7) is -0.0114. The van der Waals surface area contributed by atoms with Crippen LogP contribution in [-0.2, 0) is 16.9 Å². The van der Waals surface area contributed by atoms with Gasteiger partial charge in [0.25, 0.3) is 5.91 Å². The van der Waals surface area contributed by atoms with Crippen LogP contribution < -0.4 is 15.4 Å². The van der Waals surface area contributed by atoms with Gasteiger partial charge in [-0.15, -0.1) is 0 Å². The summed E-state index contributed by atoms with van der Waals surface area (Å²) >= 11 is 0. The molecule has 3 amide bonds. The van der Waals surface area contributed by atoms with Crippen LogP contribution in [-0.4, -0.2) is 38.7 Å². The summed E-state index contributed by atoms with van der Waals surface area (Å²) in [4.78, 5) is 34.5. The van der Waals surface area contributed by atoms with Gasteiger partial charge in [0, 0.05) is 22.5 Å². The molecule has 5 aromatic rings. The summed E-state index contributed by atoms with van der Waals surface area (Å²) in [7, 11) is 1.55. The highest BCUT2D eigenvalue weighted by Crippen LogP contribution is 2.35. The Kier molecular flexibility index (Phi) is 4.85.